The lowest BCUT2D eigenvalue weighted by Crippen LogP contribution is -2.58. The maximum absolute atomic E-state index is 14.4. The summed E-state index contributed by atoms with van der Waals surface area (Å²) in [5.74, 6) is 0.188. The van der Waals surface area contributed by atoms with Gasteiger partial charge in [-0.25, -0.2) is 9.69 Å². The molecule has 0 spiro atoms. The number of imide groups is 1. The van der Waals surface area contributed by atoms with Gasteiger partial charge >= 0.3 is 6.03 Å². The Bertz CT molecular complexity index is 1550. The summed E-state index contributed by atoms with van der Waals surface area (Å²) in [5, 5.41) is 3.47. The van der Waals surface area contributed by atoms with Gasteiger partial charge in [0.05, 0.1) is 12.8 Å². The topological polar surface area (TPSA) is 65.1 Å². The highest BCUT2D eigenvalue weighted by atomic mass is 35.5. The first-order valence-corrected chi connectivity index (χ1v) is 13.6. The van der Waals surface area contributed by atoms with Crippen LogP contribution in [0.15, 0.2) is 84.9 Å². The van der Waals surface area contributed by atoms with Crippen LogP contribution >= 0.6 is 11.6 Å². The lowest BCUT2D eigenvalue weighted by molar-refractivity contribution is 0.0704. The van der Waals surface area contributed by atoms with E-state index in [4.69, 9.17) is 16.3 Å². The maximum atomic E-state index is 14.4. The average Bonchev–Trinajstić information content (AvgIpc) is 2.96. The van der Waals surface area contributed by atoms with Gasteiger partial charge < -0.3 is 19.9 Å². The molecule has 0 saturated heterocycles. The van der Waals surface area contributed by atoms with Gasteiger partial charge in [-0.05, 0) is 78.2 Å². The fourth-order valence-corrected chi connectivity index (χ4v) is 5.58. The highest BCUT2D eigenvalue weighted by Gasteiger charge is 2.52. The second-order valence-corrected chi connectivity index (χ2v) is 11.0. The molecule has 1 heterocycles. The van der Waals surface area contributed by atoms with E-state index in [0.29, 0.717) is 22.0 Å². The molecule has 1 aliphatic rings. The second-order valence-electron chi connectivity index (χ2n) is 10.5. The van der Waals surface area contributed by atoms with E-state index in [2.05, 4.69) is 5.32 Å². The molecule has 0 unspecified atom stereocenters. The normalized spacial score (nSPS) is 13.7. The Morgan fingerprint density at radius 2 is 1.34 bits per heavy atom. The molecular formula is C33H33ClN4O3. The summed E-state index contributed by atoms with van der Waals surface area (Å²) in [4.78, 5) is 33.9. The zero-order chi connectivity index (χ0) is 29.5. The van der Waals surface area contributed by atoms with Crippen molar-refractivity contribution in [3.05, 3.63) is 118 Å². The van der Waals surface area contributed by atoms with Crippen LogP contribution < -0.4 is 19.9 Å². The molecule has 3 amide bonds. The monoisotopic (exact) mass is 568 g/mol. The number of methoxy groups -OCH3 is 1. The molecule has 4 aromatic rings. The van der Waals surface area contributed by atoms with Gasteiger partial charge in [0.2, 0.25) is 0 Å². The summed E-state index contributed by atoms with van der Waals surface area (Å²) >= 11 is 6.15. The first-order chi connectivity index (χ1) is 19.6. The van der Waals surface area contributed by atoms with Crippen LogP contribution in [0.5, 0.6) is 5.75 Å². The van der Waals surface area contributed by atoms with Gasteiger partial charge in [0, 0.05) is 61.8 Å². The Kier molecular flexibility index (Phi) is 7.41. The number of nitrogens with zero attached hydrogens (tertiary/aromatic N) is 3. The molecule has 0 radical (unpaired) electrons. The summed E-state index contributed by atoms with van der Waals surface area (Å²) in [6, 6.07) is 25.8. The number of carbonyl (C=O) groups excluding carboxylic acids is 2. The zero-order valence-corrected chi connectivity index (χ0v) is 24.8. The number of rotatable bonds is 6. The van der Waals surface area contributed by atoms with Crippen molar-refractivity contribution in [2.75, 3.05) is 50.4 Å². The standard InChI is InChI=1S/C33H33ClN4O3/c1-21-19-28-29(20-30(21)41-6)35-32(40)38(31(39)22-7-13-25(34)14-8-22)33(28,23-9-15-26(16-10-23)36(2)3)24-11-17-27(18-12-24)37(4)5/h7-20H,1-6H3,(H,35,40). The third-order valence-electron chi connectivity index (χ3n) is 7.60. The molecule has 4 aromatic carbocycles. The van der Waals surface area contributed by atoms with Gasteiger partial charge in [-0.1, -0.05) is 35.9 Å². The van der Waals surface area contributed by atoms with Crippen LogP contribution in [0.3, 0.4) is 0 Å². The SMILES string of the molecule is COc1cc2c(cc1C)C(c1ccc(N(C)C)cc1)(c1ccc(N(C)C)cc1)N(C(=O)c1ccc(Cl)cc1)C(=O)N2. The predicted molar refractivity (Wildman–Crippen MR) is 166 cm³/mol. The minimum atomic E-state index is -1.30. The highest BCUT2D eigenvalue weighted by Crippen LogP contribution is 2.50. The van der Waals surface area contributed by atoms with Gasteiger partial charge in [0.25, 0.3) is 5.91 Å². The Labute approximate surface area is 245 Å². The van der Waals surface area contributed by atoms with Crippen molar-refractivity contribution in [3.8, 4) is 5.75 Å². The molecule has 0 bridgehead atoms. The minimum absolute atomic E-state index is 0.345. The molecular weight excluding hydrogens is 536 g/mol. The molecule has 210 valence electrons. The molecule has 1 aliphatic heterocycles. The third-order valence-corrected chi connectivity index (χ3v) is 7.85. The summed E-state index contributed by atoms with van der Waals surface area (Å²) < 4.78 is 5.61. The van der Waals surface area contributed by atoms with E-state index >= 15 is 0 Å². The van der Waals surface area contributed by atoms with Gasteiger partial charge in [-0.2, -0.15) is 0 Å². The molecule has 0 aliphatic carbocycles. The van der Waals surface area contributed by atoms with Crippen LogP contribution in [0, 0.1) is 6.92 Å². The predicted octanol–water partition coefficient (Wildman–Crippen LogP) is 6.77. The van der Waals surface area contributed by atoms with E-state index < -0.39 is 17.5 Å². The Morgan fingerprint density at radius 1 is 0.829 bits per heavy atom. The van der Waals surface area contributed by atoms with E-state index in [0.717, 1.165) is 33.6 Å². The fraction of sp³-hybridized carbons (Fsp3) is 0.212. The van der Waals surface area contributed by atoms with Gasteiger partial charge in [-0.15, -0.1) is 0 Å². The highest BCUT2D eigenvalue weighted by molar-refractivity contribution is 6.30. The first-order valence-electron chi connectivity index (χ1n) is 13.2. The maximum Gasteiger partial charge on any atom is 0.330 e. The van der Waals surface area contributed by atoms with Crippen LogP contribution in [0.1, 0.15) is 32.6 Å². The number of fused-ring (bicyclic) bond motifs is 1. The minimum Gasteiger partial charge on any atom is -0.496 e. The molecule has 5 rings (SSSR count). The van der Waals surface area contributed by atoms with Crippen LogP contribution in [-0.4, -0.2) is 52.1 Å². The number of amides is 3. The summed E-state index contributed by atoms with van der Waals surface area (Å²) in [5.41, 5.74) is 4.77. The molecule has 0 atom stereocenters. The average molecular weight is 569 g/mol. The van der Waals surface area contributed by atoms with Crippen molar-refractivity contribution in [1.29, 1.82) is 0 Å². The van der Waals surface area contributed by atoms with Crippen LogP contribution in [-0.2, 0) is 5.54 Å². The van der Waals surface area contributed by atoms with Gasteiger partial charge in [-0.3, -0.25) is 4.79 Å². The van der Waals surface area contributed by atoms with Crippen LogP contribution in [0.25, 0.3) is 0 Å². The molecule has 0 saturated carbocycles. The van der Waals surface area contributed by atoms with Gasteiger partial charge in [0.15, 0.2) is 0 Å². The first kappa shape index (κ1) is 28.1. The molecule has 7 nitrogen and oxygen atoms in total. The Balaban J connectivity index is 1.89. The van der Waals surface area contributed by atoms with Crippen molar-refractivity contribution < 1.29 is 14.3 Å². The third kappa shape index (κ3) is 4.76. The quantitative estimate of drug-likeness (QED) is 0.278. The van der Waals surface area contributed by atoms with Crippen molar-refractivity contribution in [2.45, 2.75) is 12.5 Å². The number of halogens is 1. The van der Waals surface area contributed by atoms with Crippen molar-refractivity contribution in [3.63, 3.8) is 0 Å². The van der Waals surface area contributed by atoms with E-state index in [-0.39, 0.29) is 0 Å². The molecule has 0 aromatic heterocycles. The van der Waals surface area contributed by atoms with Crippen LogP contribution in [0.2, 0.25) is 5.02 Å². The number of anilines is 3. The summed E-state index contributed by atoms with van der Waals surface area (Å²) in [6.45, 7) is 1.95. The number of hydrogen-bond donors (Lipinski definition) is 1. The van der Waals surface area contributed by atoms with E-state index in [1.807, 2.05) is 106 Å². The second kappa shape index (κ2) is 10.8. The number of benzene rings is 4. The fourth-order valence-electron chi connectivity index (χ4n) is 5.46. The van der Waals surface area contributed by atoms with Crippen molar-refractivity contribution in [1.82, 2.24) is 4.90 Å². The van der Waals surface area contributed by atoms with Crippen molar-refractivity contribution >= 4 is 40.6 Å². The molecule has 8 heteroatoms. The van der Waals surface area contributed by atoms with Crippen molar-refractivity contribution in [2.24, 2.45) is 0 Å². The Morgan fingerprint density at radius 3 is 1.80 bits per heavy atom. The largest absolute Gasteiger partial charge is 0.496 e. The van der Waals surface area contributed by atoms with E-state index in [1.54, 1.807) is 31.4 Å². The number of aryl methyl sites for hydroxylation is 1. The number of carbonyl (C=O) groups is 2. The summed E-state index contributed by atoms with van der Waals surface area (Å²) in [6.07, 6.45) is 0. The number of hydrogen-bond acceptors (Lipinski definition) is 5. The zero-order valence-electron chi connectivity index (χ0n) is 24.0. The summed E-state index contributed by atoms with van der Waals surface area (Å²) in [7, 11) is 9.49. The lowest BCUT2D eigenvalue weighted by atomic mass is 9.73. The molecule has 41 heavy (non-hydrogen) atoms. The number of ether oxygens (including phenoxy) is 1. The Hall–Kier alpha value is -4.49. The lowest BCUT2D eigenvalue weighted by Gasteiger charge is -2.48. The molecule has 1 N–H and O–H groups in total. The van der Waals surface area contributed by atoms with E-state index in [9.17, 15) is 9.59 Å². The van der Waals surface area contributed by atoms with E-state index in [1.165, 1.54) is 4.90 Å². The van der Waals surface area contributed by atoms with Crippen LogP contribution in [0.4, 0.5) is 21.9 Å². The smallest absolute Gasteiger partial charge is 0.330 e. The van der Waals surface area contributed by atoms with Gasteiger partial charge in [0.1, 0.15) is 11.3 Å². The number of urea groups is 1. The molecule has 0 fully saturated rings. The number of nitrogens with one attached hydrogen (secondary N) is 1.